The highest BCUT2D eigenvalue weighted by Gasteiger charge is 2.20. The van der Waals surface area contributed by atoms with Crippen molar-refractivity contribution in [1.29, 1.82) is 0 Å². The van der Waals surface area contributed by atoms with Gasteiger partial charge in [-0.25, -0.2) is 4.99 Å². The first-order valence-electron chi connectivity index (χ1n) is 10.8. The Morgan fingerprint density at radius 1 is 1.21 bits per heavy atom. The van der Waals surface area contributed by atoms with Gasteiger partial charge in [0.05, 0.1) is 17.5 Å². The summed E-state index contributed by atoms with van der Waals surface area (Å²) < 4.78 is 0. The van der Waals surface area contributed by atoms with Crippen molar-refractivity contribution >= 4 is 41.0 Å². The fourth-order valence-corrected chi connectivity index (χ4v) is 3.92. The second-order valence-electron chi connectivity index (χ2n) is 7.85. The molecule has 1 atom stereocenters. The number of carbonyl (C=O) groups excluding carboxylic acids is 1. The standard InChI is InChI=1S/C27H26N4O2/c1-3-26(33)29-22-8-4-6-19(16-22)25-9-5-7-20(17-28-2)27(25)30-21-10-12-23(13-11-21)31-15-14-24(32)18-31/h3-13,16-17,24,32H,1-2,14-15,18H2,(H,29,33)/b20-17-,30-27?. The van der Waals surface area contributed by atoms with Crippen molar-refractivity contribution < 1.29 is 9.90 Å². The van der Waals surface area contributed by atoms with Crippen molar-refractivity contribution in [2.24, 2.45) is 9.98 Å². The van der Waals surface area contributed by atoms with Crippen LogP contribution in [-0.2, 0) is 4.79 Å². The van der Waals surface area contributed by atoms with Crippen LogP contribution < -0.4 is 10.2 Å². The van der Waals surface area contributed by atoms with Gasteiger partial charge in [0.1, 0.15) is 0 Å². The molecule has 1 amide bonds. The first-order chi connectivity index (χ1) is 16.1. The number of rotatable bonds is 6. The number of β-amino-alcohol motifs (C(OH)–C–C–N with tert-alkyl or cyclic N) is 1. The lowest BCUT2D eigenvalue weighted by Gasteiger charge is -2.18. The highest BCUT2D eigenvalue weighted by molar-refractivity contribution is 6.34. The number of nitrogens with zero attached hydrogens (tertiary/aromatic N) is 3. The summed E-state index contributed by atoms with van der Waals surface area (Å²) in [4.78, 5) is 22.8. The predicted molar refractivity (Wildman–Crippen MR) is 136 cm³/mol. The molecule has 0 bridgehead atoms. The Hall–Kier alpha value is -4.03. The summed E-state index contributed by atoms with van der Waals surface area (Å²) >= 11 is 0. The molecular formula is C27H26N4O2. The molecule has 1 saturated heterocycles. The van der Waals surface area contributed by atoms with Crippen LogP contribution in [0.15, 0.2) is 101 Å². The van der Waals surface area contributed by atoms with Crippen LogP contribution in [-0.4, -0.2) is 42.6 Å². The molecule has 0 aromatic heterocycles. The van der Waals surface area contributed by atoms with Gasteiger partial charge in [-0.1, -0.05) is 36.9 Å². The van der Waals surface area contributed by atoms with Gasteiger partial charge in [0.2, 0.25) is 5.91 Å². The number of nitrogens with one attached hydrogen (secondary N) is 1. The van der Waals surface area contributed by atoms with Crippen molar-refractivity contribution in [3.8, 4) is 0 Å². The topological polar surface area (TPSA) is 77.3 Å². The fourth-order valence-electron chi connectivity index (χ4n) is 3.92. The highest BCUT2D eigenvalue weighted by Crippen LogP contribution is 2.30. The van der Waals surface area contributed by atoms with Gasteiger partial charge in [-0.15, -0.1) is 0 Å². The first-order valence-corrected chi connectivity index (χ1v) is 10.8. The summed E-state index contributed by atoms with van der Waals surface area (Å²) in [5.41, 5.74) is 5.99. The van der Waals surface area contributed by atoms with E-state index in [1.165, 1.54) is 6.08 Å². The molecular weight excluding hydrogens is 412 g/mol. The molecule has 6 heteroatoms. The van der Waals surface area contributed by atoms with Crippen LogP contribution in [0, 0.1) is 0 Å². The SMILES string of the molecule is C=CC(=O)Nc1cccc(C2=CC=C/C(=C/N=C)C2=Nc2ccc(N3CCC(O)C3)cc2)c1. The van der Waals surface area contributed by atoms with Gasteiger partial charge in [-0.05, 0) is 61.2 Å². The van der Waals surface area contributed by atoms with Crippen LogP contribution in [0.1, 0.15) is 12.0 Å². The summed E-state index contributed by atoms with van der Waals surface area (Å²) in [6.45, 7) is 8.60. The van der Waals surface area contributed by atoms with Crippen LogP contribution in [0.2, 0.25) is 0 Å². The molecule has 1 unspecified atom stereocenters. The Labute approximate surface area is 193 Å². The number of amides is 1. The van der Waals surface area contributed by atoms with Crippen molar-refractivity contribution in [1.82, 2.24) is 0 Å². The number of hydrogen-bond acceptors (Lipinski definition) is 5. The molecule has 4 rings (SSSR count). The molecule has 0 spiro atoms. The predicted octanol–water partition coefficient (Wildman–Crippen LogP) is 4.69. The number of aliphatic imine (C=N–C) groups is 2. The van der Waals surface area contributed by atoms with E-state index in [0.717, 1.165) is 46.8 Å². The van der Waals surface area contributed by atoms with Crippen molar-refractivity contribution in [2.75, 3.05) is 23.3 Å². The lowest BCUT2D eigenvalue weighted by Crippen LogP contribution is -2.20. The van der Waals surface area contributed by atoms with Gasteiger partial charge in [0, 0.05) is 41.8 Å². The minimum Gasteiger partial charge on any atom is -0.391 e. The Balaban J connectivity index is 1.68. The van der Waals surface area contributed by atoms with Gasteiger partial charge < -0.3 is 15.3 Å². The molecule has 0 radical (unpaired) electrons. The van der Waals surface area contributed by atoms with Crippen molar-refractivity contribution in [2.45, 2.75) is 12.5 Å². The summed E-state index contributed by atoms with van der Waals surface area (Å²) in [6, 6.07) is 15.6. The maximum Gasteiger partial charge on any atom is 0.247 e. The van der Waals surface area contributed by atoms with Crippen molar-refractivity contribution in [3.63, 3.8) is 0 Å². The lowest BCUT2D eigenvalue weighted by atomic mass is 9.91. The molecule has 1 aliphatic carbocycles. The van der Waals surface area contributed by atoms with Gasteiger partial charge >= 0.3 is 0 Å². The lowest BCUT2D eigenvalue weighted by molar-refractivity contribution is -0.111. The van der Waals surface area contributed by atoms with E-state index in [1.807, 2.05) is 66.8 Å². The molecule has 1 heterocycles. The van der Waals surface area contributed by atoms with Gasteiger partial charge in [0.15, 0.2) is 0 Å². The highest BCUT2D eigenvalue weighted by atomic mass is 16.3. The third-order valence-corrected chi connectivity index (χ3v) is 5.54. The summed E-state index contributed by atoms with van der Waals surface area (Å²) in [5.74, 6) is -0.263. The molecule has 166 valence electrons. The number of aliphatic hydroxyl groups excluding tert-OH is 1. The Kier molecular flexibility index (Phi) is 6.76. The van der Waals surface area contributed by atoms with Crippen molar-refractivity contribution in [3.05, 3.63) is 96.8 Å². The van der Waals surface area contributed by atoms with Crippen LogP contribution >= 0.6 is 0 Å². The van der Waals surface area contributed by atoms with E-state index < -0.39 is 0 Å². The molecule has 2 aromatic carbocycles. The molecule has 2 aromatic rings. The van der Waals surface area contributed by atoms with Gasteiger partial charge in [-0.3, -0.25) is 9.79 Å². The Morgan fingerprint density at radius 3 is 2.73 bits per heavy atom. The van der Waals surface area contributed by atoms with E-state index in [4.69, 9.17) is 4.99 Å². The normalized spacial score (nSPS) is 20.1. The fraction of sp³-hybridized carbons (Fsp3) is 0.148. The van der Waals surface area contributed by atoms with Crippen LogP contribution in [0.4, 0.5) is 17.1 Å². The van der Waals surface area contributed by atoms with Gasteiger partial charge in [0.25, 0.3) is 0 Å². The van der Waals surface area contributed by atoms with E-state index in [1.54, 1.807) is 6.20 Å². The largest absolute Gasteiger partial charge is 0.391 e. The number of anilines is 2. The first kappa shape index (κ1) is 22.2. The monoisotopic (exact) mass is 438 g/mol. The summed E-state index contributed by atoms with van der Waals surface area (Å²) in [7, 11) is 0. The molecule has 6 nitrogen and oxygen atoms in total. The van der Waals surface area contributed by atoms with E-state index in [-0.39, 0.29) is 12.0 Å². The average Bonchev–Trinajstić information content (AvgIpc) is 3.27. The zero-order chi connectivity index (χ0) is 23.2. The number of allylic oxidation sites excluding steroid dienone is 5. The van der Waals surface area contributed by atoms with Crippen LogP contribution in [0.3, 0.4) is 0 Å². The maximum absolute atomic E-state index is 11.7. The summed E-state index contributed by atoms with van der Waals surface area (Å²) in [6.07, 6.45) is 9.34. The second-order valence-corrected chi connectivity index (χ2v) is 7.85. The molecule has 2 aliphatic rings. The Morgan fingerprint density at radius 2 is 2.03 bits per heavy atom. The molecule has 2 N–H and O–H groups in total. The smallest absolute Gasteiger partial charge is 0.247 e. The van der Waals surface area contributed by atoms with E-state index >= 15 is 0 Å². The average molecular weight is 439 g/mol. The van der Waals surface area contributed by atoms with Crippen LogP contribution in [0.5, 0.6) is 0 Å². The summed E-state index contributed by atoms with van der Waals surface area (Å²) in [5, 5.41) is 12.6. The number of carbonyl (C=O) groups is 1. The van der Waals surface area contributed by atoms with E-state index in [2.05, 4.69) is 28.5 Å². The van der Waals surface area contributed by atoms with E-state index in [0.29, 0.717) is 12.2 Å². The van der Waals surface area contributed by atoms with Crippen LogP contribution in [0.25, 0.3) is 5.57 Å². The zero-order valence-electron chi connectivity index (χ0n) is 18.3. The second kappa shape index (κ2) is 10.1. The molecule has 1 aliphatic heterocycles. The number of hydrogen-bond donors (Lipinski definition) is 2. The number of aliphatic hydroxyl groups is 1. The Bertz CT molecular complexity index is 1190. The third kappa shape index (κ3) is 5.25. The third-order valence-electron chi connectivity index (χ3n) is 5.54. The van der Waals surface area contributed by atoms with Gasteiger partial charge in [-0.2, -0.15) is 0 Å². The maximum atomic E-state index is 11.7. The quantitative estimate of drug-likeness (QED) is 0.507. The molecule has 0 saturated carbocycles. The van der Waals surface area contributed by atoms with E-state index in [9.17, 15) is 9.90 Å². The number of benzene rings is 2. The minimum absolute atomic E-state index is 0.263. The molecule has 33 heavy (non-hydrogen) atoms. The zero-order valence-corrected chi connectivity index (χ0v) is 18.3. The minimum atomic E-state index is -0.266. The molecule has 1 fully saturated rings.